The molecule has 1 rings (SSSR count). The van der Waals surface area contributed by atoms with Crippen LogP contribution in [-0.4, -0.2) is 34.7 Å². The van der Waals surface area contributed by atoms with E-state index in [9.17, 15) is 19.8 Å². The van der Waals surface area contributed by atoms with Gasteiger partial charge in [-0.3, -0.25) is 9.59 Å². The first-order valence-corrected chi connectivity index (χ1v) is 7.05. The molecule has 0 bridgehead atoms. The molecule has 0 saturated heterocycles. The molecule has 0 radical (unpaired) electrons. The van der Waals surface area contributed by atoms with Crippen molar-refractivity contribution in [1.82, 2.24) is 5.32 Å². The summed E-state index contributed by atoms with van der Waals surface area (Å²) in [5.74, 6) is -1.01. The molecule has 0 aromatic heterocycles. The maximum atomic E-state index is 12.0. The van der Waals surface area contributed by atoms with Gasteiger partial charge in [0.05, 0.1) is 18.1 Å². The first-order valence-electron chi connectivity index (χ1n) is 7.05. The van der Waals surface area contributed by atoms with Crippen molar-refractivity contribution in [3.05, 3.63) is 0 Å². The van der Waals surface area contributed by atoms with Crippen molar-refractivity contribution in [3.63, 3.8) is 0 Å². The summed E-state index contributed by atoms with van der Waals surface area (Å²) in [6, 6.07) is -0.304. The van der Waals surface area contributed by atoms with Crippen LogP contribution < -0.4 is 5.32 Å². The topological polar surface area (TPSA) is 86.6 Å². The van der Waals surface area contributed by atoms with Gasteiger partial charge in [0.2, 0.25) is 5.91 Å². The molecule has 1 atom stereocenters. The van der Waals surface area contributed by atoms with Gasteiger partial charge in [0.15, 0.2) is 0 Å². The fourth-order valence-electron chi connectivity index (χ4n) is 2.68. The van der Waals surface area contributed by atoms with Crippen molar-refractivity contribution in [3.8, 4) is 0 Å². The second kappa shape index (κ2) is 6.89. The highest BCUT2D eigenvalue weighted by Crippen LogP contribution is 2.39. The molecular formula is C14H25NO4. The summed E-state index contributed by atoms with van der Waals surface area (Å²) >= 11 is 0. The number of carbonyl (C=O) groups excluding carboxylic acids is 1. The first-order chi connectivity index (χ1) is 8.91. The zero-order valence-corrected chi connectivity index (χ0v) is 11.8. The Morgan fingerprint density at radius 2 is 1.79 bits per heavy atom. The van der Waals surface area contributed by atoms with E-state index < -0.39 is 11.4 Å². The molecule has 110 valence electrons. The van der Waals surface area contributed by atoms with E-state index in [1.807, 2.05) is 13.8 Å². The van der Waals surface area contributed by atoms with Crippen LogP contribution >= 0.6 is 0 Å². The summed E-state index contributed by atoms with van der Waals surface area (Å²) in [4.78, 5) is 23.5. The second-order valence-electron chi connectivity index (χ2n) is 5.92. The zero-order chi connectivity index (χ0) is 14.5. The predicted octanol–water partition coefficient (Wildman–Crippen LogP) is 1.54. The number of aliphatic hydroxyl groups is 1. The van der Waals surface area contributed by atoms with Crippen LogP contribution in [-0.2, 0) is 9.59 Å². The SMILES string of the molecule is CC(C)C(CO)NC(=O)CC1(C(=O)O)CCCCC1. The highest BCUT2D eigenvalue weighted by Gasteiger charge is 2.41. The van der Waals surface area contributed by atoms with Crippen LogP contribution in [0.1, 0.15) is 52.4 Å². The minimum absolute atomic E-state index is 0.0194. The third kappa shape index (κ3) is 4.20. The fourth-order valence-corrected chi connectivity index (χ4v) is 2.68. The molecule has 1 aliphatic carbocycles. The third-order valence-electron chi connectivity index (χ3n) is 4.11. The average molecular weight is 271 g/mol. The smallest absolute Gasteiger partial charge is 0.310 e. The lowest BCUT2D eigenvalue weighted by molar-refractivity contribution is -0.154. The van der Waals surface area contributed by atoms with Gasteiger partial charge < -0.3 is 15.5 Å². The number of hydrogen-bond donors (Lipinski definition) is 3. The third-order valence-corrected chi connectivity index (χ3v) is 4.11. The summed E-state index contributed by atoms with van der Waals surface area (Å²) in [6.45, 7) is 3.70. The highest BCUT2D eigenvalue weighted by molar-refractivity contribution is 5.85. The molecule has 1 aliphatic rings. The molecule has 0 aromatic rings. The van der Waals surface area contributed by atoms with E-state index in [2.05, 4.69) is 5.32 Å². The molecule has 1 unspecified atom stereocenters. The van der Waals surface area contributed by atoms with Gasteiger partial charge in [0.1, 0.15) is 0 Å². The van der Waals surface area contributed by atoms with Gasteiger partial charge in [-0.15, -0.1) is 0 Å². The predicted molar refractivity (Wildman–Crippen MR) is 71.6 cm³/mol. The van der Waals surface area contributed by atoms with Gasteiger partial charge in [-0.25, -0.2) is 0 Å². The largest absolute Gasteiger partial charge is 0.481 e. The molecule has 3 N–H and O–H groups in total. The van der Waals surface area contributed by atoms with E-state index in [0.717, 1.165) is 19.3 Å². The average Bonchev–Trinajstić information content (AvgIpc) is 2.36. The molecule has 0 aliphatic heterocycles. The number of carbonyl (C=O) groups is 2. The van der Waals surface area contributed by atoms with E-state index in [4.69, 9.17) is 0 Å². The van der Waals surface area contributed by atoms with Gasteiger partial charge in [-0.2, -0.15) is 0 Å². The Bertz CT molecular complexity index is 321. The quantitative estimate of drug-likeness (QED) is 0.684. The van der Waals surface area contributed by atoms with Crippen LogP contribution in [0.3, 0.4) is 0 Å². The van der Waals surface area contributed by atoms with Crippen molar-refractivity contribution < 1.29 is 19.8 Å². The number of carboxylic acids is 1. The number of hydrogen-bond acceptors (Lipinski definition) is 3. The molecule has 1 fully saturated rings. The summed E-state index contributed by atoms with van der Waals surface area (Å²) in [6.07, 6.45) is 3.94. The van der Waals surface area contributed by atoms with Crippen LogP contribution in [0.4, 0.5) is 0 Å². The number of aliphatic hydroxyl groups excluding tert-OH is 1. The van der Waals surface area contributed by atoms with Crippen molar-refractivity contribution in [1.29, 1.82) is 0 Å². The molecular weight excluding hydrogens is 246 g/mol. The Balaban J connectivity index is 2.64. The normalized spacial score (nSPS) is 20.0. The number of amides is 1. The Morgan fingerprint density at radius 1 is 1.21 bits per heavy atom. The van der Waals surface area contributed by atoms with Gasteiger partial charge in [-0.05, 0) is 18.8 Å². The van der Waals surface area contributed by atoms with Crippen LogP contribution in [0.25, 0.3) is 0 Å². The lowest BCUT2D eigenvalue weighted by atomic mass is 9.71. The lowest BCUT2D eigenvalue weighted by Gasteiger charge is -2.33. The van der Waals surface area contributed by atoms with Crippen molar-refractivity contribution >= 4 is 11.9 Å². The van der Waals surface area contributed by atoms with Crippen molar-refractivity contribution in [2.45, 2.75) is 58.4 Å². The van der Waals surface area contributed by atoms with Crippen LogP contribution in [0.5, 0.6) is 0 Å². The standard InChI is InChI=1S/C14H25NO4/c1-10(2)11(9-16)15-12(17)8-14(13(18)19)6-4-3-5-7-14/h10-11,16H,3-9H2,1-2H3,(H,15,17)(H,18,19). The highest BCUT2D eigenvalue weighted by atomic mass is 16.4. The van der Waals surface area contributed by atoms with E-state index in [-0.39, 0.29) is 30.9 Å². The Hall–Kier alpha value is -1.10. The second-order valence-corrected chi connectivity index (χ2v) is 5.92. The first kappa shape index (κ1) is 16.0. The van der Waals surface area contributed by atoms with Gasteiger partial charge >= 0.3 is 5.97 Å². The Morgan fingerprint density at radius 3 is 2.21 bits per heavy atom. The number of carboxylic acid groups (broad SMARTS) is 1. The van der Waals surface area contributed by atoms with Crippen LogP contribution in [0.15, 0.2) is 0 Å². The minimum Gasteiger partial charge on any atom is -0.481 e. The van der Waals surface area contributed by atoms with E-state index in [1.165, 1.54) is 0 Å². The number of nitrogens with one attached hydrogen (secondary N) is 1. The molecule has 1 amide bonds. The lowest BCUT2D eigenvalue weighted by Crippen LogP contribution is -2.45. The molecule has 0 spiro atoms. The zero-order valence-electron chi connectivity index (χ0n) is 11.8. The molecule has 0 heterocycles. The fraction of sp³-hybridized carbons (Fsp3) is 0.857. The molecule has 5 heteroatoms. The minimum atomic E-state index is -0.903. The van der Waals surface area contributed by atoms with Crippen LogP contribution in [0, 0.1) is 11.3 Å². The Labute approximate surface area is 114 Å². The number of aliphatic carboxylic acids is 1. The maximum Gasteiger partial charge on any atom is 0.310 e. The number of rotatable bonds is 6. The molecule has 19 heavy (non-hydrogen) atoms. The van der Waals surface area contributed by atoms with Gasteiger partial charge in [0.25, 0.3) is 0 Å². The summed E-state index contributed by atoms with van der Waals surface area (Å²) in [5.41, 5.74) is -0.903. The summed E-state index contributed by atoms with van der Waals surface area (Å²) < 4.78 is 0. The van der Waals surface area contributed by atoms with E-state index in [0.29, 0.717) is 12.8 Å². The van der Waals surface area contributed by atoms with Crippen LogP contribution in [0.2, 0.25) is 0 Å². The molecule has 0 aromatic carbocycles. The Kier molecular flexibility index (Phi) is 5.79. The van der Waals surface area contributed by atoms with Crippen molar-refractivity contribution in [2.75, 3.05) is 6.61 Å². The van der Waals surface area contributed by atoms with Gasteiger partial charge in [-0.1, -0.05) is 33.1 Å². The van der Waals surface area contributed by atoms with Gasteiger partial charge in [0, 0.05) is 6.42 Å². The molecule has 1 saturated carbocycles. The monoisotopic (exact) mass is 271 g/mol. The van der Waals surface area contributed by atoms with E-state index >= 15 is 0 Å². The van der Waals surface area contributed by atoms with Crippen molar-refractivity contribution in [2.24, 2.45) is 11.3 Å². The van der Waals surface area contributed by atoms with E-state index in [1.54, 1.807) is 0 Å². The summed E-state index contributed by atoms with van der Waals surface area (Å²) in [7, 11) is 0. The molecule has 5 nitrogen and oxygen atoms in total. The summed E-state index contributed by atoms with van der Waals surface area (Å²) in [5, 5.41) is 21.3. The maximum absolute atomic E-state index is 12.0.